The molecule has 1 saturated heterocycles. The summed E-state index contributed by atoms with van der Waals surface area (Å²) in [6.07, 6.45) is 3.44. The van der Waals surface area contributed by atoms with Crippen LogP contribution >= 0.6 is 0 Å². The van der Waals surface area contributed by atoms with Crippen LogP contribution in [0.5, 0.6) is 0 Å². The summed E-state index contributed by atoms with van der Waals surface area (Å²) in [5.74, 6) is 0. The monoisotopic (exact) mass is 547 g/mol. The molecule has 1 fully saturated rings. The third-order valence-corrected chi connectivity index (χ3v) is 8.55. The number of hydrogen-bond acceptors (Lipinski definition) is 5. The molecule has 0 radical (unpaired) electrons. The molecule has 0 amide bonds. The van der Waals surface area contributed by atoms with Crippen molar-refractivity contribution in [1.29, 1.82) is 0 Å². The van der Waals surface area contributed by atoms with Crippen LogP contribution in [0.2, 0.25) is 0 Å². The van der Waals surface area contributed by atoms with Crippen LogP contribution in [0, 0.1) is 6.92 Å². The first kappa shape index (κ1) is 27.1. The predicted molar refractivity (Wildman–Crippen MR) is 164 cm³/mol. The lowest BCUT2D eigenvalue weighted by molar-refractivity contribution is 0.117. The van der Waals surface area contributed by atoms with E-state index < -0.39 is 5.60 Å². The predicted octanol–water partition coefficient (Wildman–Crippen LogP) is 4.28. The van der Waals surface area contributed by atoms with Gasteiger partial charge in [-0.1, -0.05) is 60.2 Å². The highest BCUT2D eigenvalue weighted by molar-refractivity contribution is 5.95. The van der Waals surface area contributed by atoms with E-state index in [0.717, 1.165) is 65.9 Å². The van der Waals surface area contributed by atoms with E-state index in [9.17, 15) is 9.90 Å². The Morgan fingerprint density at radius 3 is 2.29 bits per heavy atom. The van der Waals surface area contributed by atoms with Crippen LogP contribution in [0.3, 0.4) is 0 Å². The van der Waals surface area contributed by atoms with E-state index in [2.05, 4.69) is 40.0 Å². The summed E-state index contributed by atoms with van der Waals surface area (Å²) >= 11 is 0. The van der Waals surface area contributed by atoms with E-state index in [4.69, 9.17) is 0 Å². The van der Waals surface area contributed by atoms with Crippen LogP contribution in [0.1, 0.15) is 27.9 Å². The van der Waals surface area contributed by atoms with Crippen molar-refractivity contribution in [3.05, 3.63) is 124 Å². The van der Waals surface area contributed by atoms with Gasteiger partial charge in [0.1, 0.15) is 0 Å². The van der Waals surface area contributed by atoms with Crippen molar-refractivity contribution in [2.75, 3.05) is 33.2 Å². The van der Waals surface area contributed by atoms with Gasteiger partial charge in [-0.3, -0.25) is 9.69 Å². The van der Waals surface area contributed by atoms with E-state index in [1.54, 1.807) is 30.2 Å². The zero-order valence-corrected chi connectivity index (χ0v) is 24.2. The standard InChI is InChI=1S/C34H37N5O2/c1-24-6-5-7-26(18-24)29-20-33(40)38(4)31-13-12-28(19-30(29)31)34(41,32-21-35-23-37(32)3)27-10-8-25(9-11-27)22-39-16-14-36(2)15-17-39/h5-13,18-21,23,41H,14-17,22H2,1-4H3. The average Bonchev–Trinajstić information content (AvgIpc) is 3.42. The summed E-state index contributed by atoms with van der Waals surface area (Å²) in [7, 11) is 5.86. The minimum atomic E-state index is -1.45. The molecule has 7 heteroatoms. The van der Waals surface area contributed by atoms with Crippen LogP contribution in [0.25, 0.3) is 22.0 Å². The minimum absolute atomic E-state index is 0.0698. The second-order valence-corrected chi connectivity index (χ2v) is 11.4. The summed E-state index contributed by atoms with van der Waals surface area (Å²) < 4.78 is 3.53. The Kier molecular flexibility index (Phi) is 7.11. The Balaban J connectivity index is 1.48. The summed E-state index contributed by atoms with van der Waals surface area (Å²) in [6.45, 7) is 7.21. The van der Waals surface area contributed by atoms with Crippen molar-refractivity contribution in [1.82, 2.24) is 23.9 Å². The zero-order chi connectivity index (χ0) is 28.7. The van der Waals surface area contributed by atoms with Crippen LogP contribution in [-0.4, -0.2) is 62.3 Å². The van der Waals surface area contributed by atoms with E-state index in [-0.39, 0.29) is 5.56 Å². The SMILES string of the molecule is Cc1cccc(-c2cc(=O)n(C)c3ccc(C(O)(c4ccc(CN5CCN(C)CC5)cc4)c4cncn4C)cc23)c1. The summed E-state index contributed by atoms with van der Waals surface area (Å²) in [5.41, 5.74) is 5.61. The highest BCUT2D eigenvalue weighted by Crippen LogP contribution is 2.39. The molecule has 1 N–H and O–H groups in total. The van der Waals surface area contributed by atoms with Crippen LogP contribution in [-0.2, 0) is 26.2 Å². The van der Waals surface area contributed by atoms with Gasteiger partial charge in [0.05, 0.1) is 23.7 Å². The fourth-order valence-corrected chi connectivity index (χ4v) is 6.02. The quantitative estimate of drug-likeness (QED) is 0.344. The topological polar surface area (TPSA) is 66.5 Å². The first-order valence-corrected chi connectivity index (χ1v) is 14.1. The van der Waals surface area contributed by atoms with E-state index in [1.165, 1.54) is 5.56 Å². The number of likely N-dealkylation sites (N-methyl/N-ethyl adjacent to an activating group) is 1. The zero-order valence-electron chi connectivity index (χ0n) is 24.2. The second-order valence-electron chi connectivity index (χ2n) is 11.4. The number of aliphatic hydroxyl groups is 1. The minimum Gasteiger partial charge on any atom is -0.374 e. The fraction of sp³-hybridized carbons (Fsp3) is 0.294. The maximum atomic E-state index is 12.9. The van der Waals surface area contributed by atoms with Gasteiger partial charge in [-0.25, -0.2) is 4.98 Å². The number of imidazole rings is 1. The number of benzene rings is 3. The number of aryl methyl sites for hydroxylation is 3. The number of nitrogens with zero attached hydrogens (tertiary/aromatic N) is 5. The molecule has 1 aliphatic heterocycles. The smallest absolute Gasteiger partial charge is 0.251 e. The molecule has 3 heterocycles. The number of rotatable bonds is 6. The molecule has 1 aliphatic rings. The first-order valence-electron chi connectivity index (χ1n) is 14.1. The Morgan fingerprint density at radius 2 is 1.61 bits per heavy atom. The van der Waals surface area contributed by atoms with Crippen molar-refractivity contribution in [2.24, 2.45) is 14.1 Å². The lowest BCUT2D eigenvalue weighted by Gasteiger charge is -2.33. The lowest BCUT2D eigenvalue weighted by atomic mass is 9.82. The van der Waals surface area contributed by atoms with Gasteiger partial charge in [0.2, 0.25) is 0 Å². The molecular weight excluding hydrogens is 510 g/mol. The molecular formula is C34H37N5O2. The van der Waals surface area contributed by atoms with E-state index >= 15 is 0 Å². The molecule has 210 valence electrons. The number of fused-ring (bicyclic) bond motifs is 1. The normalized spacial score (nSPS) is 16.2. The first-order chi connectivity index (χ1) is 19.7. The van der Waals surface area contributed by atoms with E-state index in [0.29, 0.717) is 11.3 Å². The van der Waals surface area contributed by atoms with Crippen LogP contribution < -0.4 is 5.56 Å². The number of piperazine rings is 1. The molecule has 41 heavy (non-hydrogen) atoms. The average molecular weight is 548 g/mol. The molecule has 0 spiro atoms. The molecule has 6 rings (SSSR count). The molecule has 0 bridgehead atoms. The number of pyridine rings is 1. The Labute approximate surface area is 240 Å². The fourth-order valence-electron chi connectivity index (χ4n) is 6.02. The van der Waals surface area contributed by atoms with Crippen LogP contribution in [0.4, 0.5) is 0 Å². The third-order valence-electron chi connectivity index (χ3n) is 8.55. The Bertz CT molecular complexity index is 1760. The van der Waals surface area contributed by atoms with Crippen LogP contribution in [0.15, 0.2) is 90.1 Å². The maximum Gasteiger partial charge on any atom is 0.251 e. The molecule has 5 aromatic rings. The molecule has 2 aromatic heterocycles. The van der Waals surface area contributed by atoms with Gasteiger partial charge in [0.15, 0.2) is 5.60 Å². The van der Waals surface area contributed by atoms with Crippen molar-refractivity contribution < 1.29 is 5.11 Å². The van der Waals surface area contributed by atoms with Gasteiger partial charge in [-0.15, -0.1) is 0 Å². The second kappa shape index (κ2) is 10.7. The van der Waals surface area contributed by atoms with Crippen molar-refractivity contribution >= 4 is 10.9 Å². The third kappa shape index (κ3) is 5.01. The van der Waals surface area contributed by atoms with Crippen molar-refractivity contribution in [3.63, 3.8) is 0 Å². The van der Waals surface area contributed by atoms with Gasteiger partial charge in [-0.2, -0.15) is 0 Å². The maximum absolute atomic E-state index is 12.9. The summed E-state index contributed by atoms with van der Waals surface area (Å²) in [6, 6.07) is 24.1. The number of aromatic nitrogens is 3. The number of hydrogen-bond donors (Lipinski definition) is 1. The van der Waals surface area contributed by atoms with Gasteiger partial charge >= 0.3 is 0 Å². The molecule has 0 aliphatic carbocycles. The Hall–Kier alpha value is -4.04. The van der Waals surface area contributed by atoms with Gasteiger partial charge in [-0.05, 0) is 53.9 Å². The molecule has 1 unspecified atom stereocenters. The van der Waals surface area contributed by atoms with Gasteiger partial charge < -0.3 is 19.1 Å². The molecule has 0 saturated carbocycles. The van der Waals surface area contributed by atoms with Crippen molar-refractivity contribution in [2.45, 2.75) is 19.1 Å². The van der Waals surface area contributed by atoms with E-state index in [1.807, 2.05) is 67.1 Å². The molecule has 3 aromatic carbocycles. The highest BCUT2D eigenvalue weighted by atomic mass is 16.3. The largest absolute Gasteiger partial charge is 0.374 e. The lowest BCUT2D eigenvalue weighted by Crippen LogP contribution is -2.43. The van der Waals surface area contributed by atoms with Crippen molar-refractivity contribution in [3.8, 4) is 11.1 Å². The Morgan fingerprint density at radius 1 is 0.878 bits per heavy atom. The summed E-state index contributed by atoms with van der Waals surface area (Å²) in [4.78, 5) is 22.1. The highest BCUT2D eigenvalue weighted by Gasteiger charge is 2.37. The molecule has 1 atom stereocenters. The van der Waals surface area contributed by atoms with Gasteiger partial charge in [0.25, 0.3) is 5.56 Å². The van der Waals surface area contributed by atoms with Gasteiger partial charge in [0, 0.05) is 58.3 Å². The summed E-state index contributed by atoms with van der Waals surface area (Å²) in [5, 5.41) is 13.6. The molecule has 7 nitrogen and oxygen atoms in total.